The van der Waals surface area contributed by atoms with Crippen molar-refractivity contribution in [2.75, 3.05) is 31.5 Å². The number of fused-ring (bicyclic) bond motifs is 4. The van der Waals surface area contributed by atoms with Crippen LogP contribution < -0.4 is 10.6 Å². The van der Waals surface area contributed by atoms with Crippen LogP contribution in [0.1, 0.15) is 49.0 Å². The number of furan rings is 1. The molecular weight excluding hydrogens is 450 g/mol. The quantitative estimate of drug-likeness (QED) is 0.545. The minimum absolute atomic E-state index is 0.174. The maximum Gasteiger partial charge on any atom is 0.319 e. The normalized spacial score (nSPS) is 20.8. The summed E-state index contributed by atoms with van der Waals surface area (Å²) in [6, 6.07) is 8.01. The molecule has 2 amide bonds. The third kappa shape index (κ3) is 4.06. The molecule has 7 nitrogen and oxygen atoms in total. The van der Waals surface area contributed by atoms with Crippen molar-refractivity contribution in [3.05, 3.63) is 58.6 Å². The average Bonchev–Trinajstić information content (AvgIpc) is 3.23. The van der Waals surface area contributed by atoms with Gasteiger partial charge in [-0.15, -0.1) is 0 Å². The number of halogens is 1. The van der Waals surface area contributed by atoms with E-state index in [4.69, 9.17) is 16.0 Å². The van der Waals surface area contributed by atoms with Crippen molar-refractivity contribution in [3.63, 3.8) is 0 Å². The Labute approximate surface area is 204 Å². The SMILES string of the molecule is O=C1Nc2c(Cl)cc3cc(CN4CCN(Cc5cccnc5)CC4)oc3c2C2(CCCCC2)N1. The Kier molecular flexibility index (Phi) is 5.71. The van der Waals surface area contributed by atoms with Crippen LogP contribution in [0.25, 0.3) is 11.0 Å². The summed E-state index contributed by atoms with van der Waals surface area (Å²) in [4.78, 5) is 21.6. The molecule has 1 spiro atoms. The van der Waals surface area contributed by atoms with E-state index in [0.29, 0.717) is 10.7 Å². The molecule has 2 fully saturated rings. The van der Waals surface area contributed by atoms with Crippen molar-refractivity contribution in [3.8, 4) is 0 Å². The Balaban J connectivity index is 1.22. The van der Waals surface area contributed by atoms with Crippen LogP contribution >= 0.6 is 11.6 Å². The molecule has 0 atom stereocenters. The van der Waals surface area contributed by atoms with E-state index in [0.717, 1.165) is 87.2 Å². The number of piperazine rings is 1. The summed E-state index contributed by atoms with van der Waals surface area (Å²) < 4.78 is 6.50. The Bertz CT molecular complexity index is 1200. The fraction of sp³-hybridized carbons (Fsp3) is 0.462. The molecule has 8 heteroatoms. The molecule has 1 aromatic carbocycles. The standard InChI is InChI=1S/C26H30ClN5O2/c27-21-14-19-13-20(17-32-11-9-31(10-12-32)16-18-5-4-8-28-15-18)34-24(19)22-23(21)29-25(33)30-26(22)6-2-1-3-7-26/h4-5,8,13-15H,1-3,6-7,9-12,16-17H2,(H2,29,30,33). The number of rotatable bonds is 4. The molecule has 6 rings (SSSR count). The summed E-state index contributed by atoms with van der Waals surface area (Å²) in [5.41, 5.74) is 3.46. The lowest BCUT2D eigenvalue weighted by Crippen LogP contribution is -2.52. The van der Waals surface area contributed by atoms with Gasteiger partial charge in [-0.3, -0.25) is 14.8 Å². The number of nitrogens with one attached hydrogen (secondary N) is 2. The van der Waals surface area contributed by atoms with E-state index in [1.807, 2.05) is 24.5 Å². The van der Waals surface area contributed by atoms with Crippen molar-refractivity contribution >= 4 is 34.3 Å². The van der Waals surface area contributed by atoms with Crippen LogP contribution in [0, 0.1) is 0 Å². The number of urea groups is 1. The molecule has 0 bridgehead atoms. The first kappa shape index (κ1) is 21.9. The number of pyridine rings is 1. The van der Waals surface area contributed by atoms with E-state index in [1.165, 1.54) is 12.0 Å². The Morgan fingerprint density at radius 2 is 1.82 bits per heavy atom. The van der Waals surface area contributed by atoms with Crippen molar-refractivity contribution in [1.82, 2.24) is 20.1 Å². The van der Waals surface area contributed by atoms with Crippen molar-refractivity contribution in [2.24, 2.45) is 0 Å². The largest absolute Gasteiger partial charge is 0.459 e. The Hall–Kier alpha value is -2.61. The van der Waals surface area contributed by atoms with E-state index >= 15 is 0 Å². The summed E-state index contributed by atoms with van der Waals surface area (Å²) in [6.07, 6.45) is 8.97. The van der Waals surface area contributed by atoms with Gasteiger partial charge < -0.3 is 15.1 Å². The first-order valence-electron chi connectivity index (χ1n) is 12.3. The molecule has 3 aliphatic rings. The summed E-state index contributed by atoms with van der Waals surface area (Å²) in [7, 11) is 0. The molecule has 0 unspecified atom stereocenters. The number of anilines is 1. The van der Waals surface area contributed by atoms with Crippen LogP contribution in [0.3, 0.4) is 0 Å². The maximum atomic E-state index is 12.5. The van der Waals surface area contributed by atoms with Crippen LogP contribution in [0.15, 0.2) is 41.1 Å². The van der Waals surface area contributed by atoms with E-state index in [2.05, 4.69) is 37.6 Å². The van der Waals surface area contributed by atoms with Gasteiger partial charge >= 0.3 is 6.03 Å². The van der Waals surface area contributed by atoms with Gasteiger partial charge in [-0.1, -0.05) is 36.9 Å². The lowest BCUT2D eigenvalue weighted by Gasteiger charge is -2.42. The van der Waals surface area contributed by atoms with Crippen molar-refractivity contribution in [2.45, 2.75) is 50.7 Å². The fourth-order valence-electron chi connectivity index (χ4n) is 5.89. The summed E-state index contributed by atoms with van der Waals surface area (Å²) in [6.45, 7) is 5.76. The predicted octanol–water partition coefficient (Wildman–Crippen LogP) is 5.09. The van der Waals surface area contributed by atoms with Gasteiger partial charge in [-0.25, -0.2) is 4.79 Å². The summed E-state index contributed by atoms with van der Waals surface area (Å²) in [5, 5.41) is 7.77. The lowest BCUT2D eigenvalue weighted by molar-refractivity contribution is 0.116. The predicted molar refractivity (Wildman–Crippen MR) is 133 cm³/mol. The number of amides is 2. The van der Waals surface area contributed by atoms with Gasteiger partial charge in [-0.05, 0) is 36.6 Å². The van der Waals surface area contributed by atoms with Gasteiger partial charge in [0.2, 0.25) is 0 Å². The molecular formula is C26H30ClN5O2. The Morgan fingerprint density at radius 3 is 2.56 bits per heavy atom. The lowest BCUT2D eigenvalue weighted by atomic mass is 9.74. The molecule has 4 heterocycles. The molecule has 1 saturated carbocycles. The minimum atomic E-state index is -0.397. The number of carbonyl (C=O) groups is 1. The number of nitrogens with zero attached hydrogens (tertiary/aromatic N) is 3. The summed E-state index contributed by atoms with van der Waals surface area (Å²) in [5.74, 6) is 0.947. The average molecular weight is 480 g/mol. The van der Waals surface area contributed by atoms with Crippen LogP contribution in [0.5, 0.6) is 0 Å². The molecule has 178 valence electrons. The van der Waals surface area contributed by atoms with Crippen molar-refractivity contribution in [1.29, 1.82) is 0 Å². The molecule has 2 aromatic heterocycles. The zero-order valence-electron chi connectivity index (χ0n) is 19.3. The second kappa shape index (κ2) is 8.87. The molecule has 1 aliphatic carbocycles. The highest BCUT2D eigenvalue weighted by molar-refractivity contribution is 6.35. The topological polar surface area (TPSA) is 73.6 Å². The highest BCUT2D eigenvalue weighted by Gasteiger charge is 2.43. The third-order valence-electron chi connectivity index (χ3n) is 7.56. The first-order valence-corrected chi connectivity index (χ1v) is 12.7. The third-order valence-corrected chi connectivity index (χ3v) is 7.86. The highest BCUT2D eigenvalue weighted by Crippen LogP contribution is 2.49. The van der Waals surface area contributed by atoms with Gasteiger partial charge in [0, 0.05) is 56.1 Å². The van der Waals surface area contributed by atoms with Gasteiger partial charge in [0.05, 0.1) is 22.8 Å². The molecule has 34 heavy (non-hydrogen) atoms. The van der Waals surface area contributed by atoms with Crippen LogP contribution in [0.2, 0.25) is 5.02 Å². The Morgan fingerprint density at radius 1 is 1.06 bits per heavy atom. The molecule has 2 N–H and O–H groups in total. The van der Waals surface area contributed by atoms with Gasteiger partial charge in [0.15, 0.2) is 0 Å². The van der Waals surface area contributed by atoms with E-state index in [-0.39, 0.29) is 6.03 Å². The number of benzene rings is 1. The second-order valence-corrected chi connectivity index (χ2v) is 10.3. The van der Waals surface area contributed by atoms with Crippen molar-refractivity contribution < 1.29 is 9.21 Å². The van der Waals surface area contributed by atoms with Gasteiger partial charge in [0.1, 0.15) is 11.3 Å². The maximum absolute atomic E-state index is 12.5. The molecule has 3 aromatic rings. The second-order valence-electron chi connectivity index (χ2n) is 9.87. The molecule has 2 aliphatic heterocycles. The summed E-state index contributed by atoms with van der Waals surface area (Å²) >= 11 is 6.67. The zero-order chi connectivity index (χ0) is 23.1. The van der Waals surface area contributed by atoms with Crippen LogP contribution in [-0.4, -0.2) is 47.0 Å². The van der Waals surface area contributed by atoms with E-state index < -0.39 is 5.54 Å². The number of carbonyl (C=O) groups excluding carboxylic acids is 1. The fourth-order valence-corrected chi connectivity index (χ4v) is 6.15. The number of hydrogen-bond donors (Lipinski definition) is 2. The van der Waals surface area contributed by atoms with Gasteiger partial charge in [-0.2, -0.15) is 0 Å². The smallest absolute Gasteiger partial charge is 0.319 e. The highest BCUT2D eigenvalue weighted by atomic mass is 35.5. The van der Waals surface area contributed by atoms with Crippen LogP contribution in [0.4, 0.5) is 10.5 Å². The zero-order valence-corrected chi connectivity index (χ0v) is 20.0. The van der Waals surface area contributed by atoms with Gasteiger partial charge in [0.25, 0.3) is 0 Å². The monoisotopic (exact) mass is 479 g/mol. The number of aromatic nitrogens is 1. The van der Waals surface area contributed by atoms with E-state index in [1.54, 1.807) is 0 Å². The molecule has 0 radical (unpaired) electrons. The van der Waals surface area contributed by atoms with Crippen LogP contribution in [-0.2, 0) is 18.6 Å². The molecule has 1 saturated heterocycles. The van der Waals surface area contributed by atoms with E-state index in [9.17, 15) is 4.79 Å². The first-order chi connectivity index (χ1) is 16.6. The number of hydrogen-bond acceptors (Lipinski definition) is 5. The minimum Gasteiger partial charge on any atom is -0.459 e.